The molecule has 20 heavy (non-hydrogen) atoms. The third kappa shape index (κ3) is 3.75. The molecule has 0 spiro atoms. The molecule has 0 aromatic heterocycles. The predicted molar refractivity (Wildman–Crippen MR) is 87.4 cm³/mol. The van der Waals surface area contributed by atoms with E-state index in [1.54, 1.807) is 0 Å². The third-order valence-electron chi connectivity index (χ3n) is 4.54. The molecule has 2 heterocycles. The summed E-state index contributed by atoms with van der Waals surface area (Å²) in [6, 6.07) is 9.27. The molecule has 0 unspecified atom stereocenters. The van der Waals surface area contributed by atoms with Crippen molar-refractivity contribution in [1.82, 2.24) is 10.2 Å². The number of nitrogens with one attached hydrogen (secondary N) is 1. The quantitative estimate of drug-likeness (QED) is 0.918. The number of halogens is 1. The maximum atomic E-state index is 3.51. The van der Waals surface area contributed by atoms with Crippen molar-refractivity contribution in [3.63, 3.8) is 0 Å². The van der Waals surface area contributed by atoms with E-state index in [4.69, 9.17) is 0 Å². The molecule has 0 saturated carbocycles. The molecule has 1 aromatic rings. The van der Waals surface area contributed by atoms with Crippen LogP contribution in [0.3, 0.4) is 0 Å². The minimum atomic E-state index is 0. The lowest BCUT2D eigenvalue weighted by atomic mass is 10.0. The smallest absolute Gasteiger partial charge is 0.0233 e. The minimum absolute atomic E-state index is 0. The Kier molecular flexibility index (Phi) is 5.48. The van der Waals surface area contributed by atoms with Gasteiger partial charge >= 0.3 is 0 Å². The van der Waals surface area contributed by atoms with Gasteiger partial charge in [-0.05, 0) is 48.4 Å². The highest BCUT2D eigenvalue weighted by Gasteiger charge is 2.35. The van der Waals surface area contributed by atoms with Crippen LogP contribution in [0, 0.1) is 17.8 Å². The van der Waals surface area contributed by atoms with Crippen molar-refractivity contribution >= 4 is 12.4 Å². The highest BCUT2D eigenvalue weighted by atomic mass is 35.5. The Labute approximate surface area is 129 Å². The summed E-state index contributed by atoms with van der Waals surface area (Å²) in [6.07, 6.45) is 1.19. The lowest BCUT2D eigenvalue weighted by molar-refractivity contribution is 0.305. The van der Waals surface area contributed by atoms with Gasteiger partial charge in [0.25, 0.3) is 0 Å². The molecule has 3 heteroatoms. The SMILES string of the molecule is CC(C)Cc1ccc(CN2C[C@H]3CNC[C@H]3C2)cc1.Cl. The molecule has 1 N–H and O–H groups in total. The van der Waals surface area contributed by atoms with Crippen LogP contribution < -0.4 is 5.32 Å². The van der Waals surface area contributed by atoms with Crippen molar-refractivity contribution in [1.29, 1.82) is 0 Å². The molecule has 3 rings (SSSR count). The monoisotopic (exact) mass is 294 g/mol. The summed E-state index contributed by atoms with van der Waals surface area (Å²) in [6.45, 7) is 10.7. The fraction of sp³-hybridized carbons (Fsp3) is 0.647. The Bertz CT molecular complexity index is 404. The molecule has 2 saturated heterocycles. The van der Waals surface area contributed by atoms with E-state index in [0.29, 0.717) is 0 Å². The zero-order chi connectivity index (χ0) is 13.2. The van der Waals surface area contributed by atoms with Gasteiger partial charge in [0.2, 0.25) is 0 Å². The van der Waals surface area contributed by atoms with Crippen molar-refractivity contribution in [3.8, 4) is 0 Å². The van der Waals surface area contributed by atoms with Crippen LogP contribution in [0.2, 0.25) is 0 Å². The molecule has 0 radical (unpaired) electrons. The summed E-state index contributed by atoms with van der Waals surface area (Å²) in [5.41, 5.74) is 2.95. The first kappa shape index (κ1) is 15.8. The topological polar surface area (TPSA) is 15.3 Å². The first-order chi connectivity index (χ1) is 9.20. The number of fused-ring (bicyclic) bond motifs is 1. The van der Waals surface area contributed by atoms with E-state index in [9.17, 15) is 0 Å². The van der Waals surface area contributed by atoms with E-state index in [-0.39, 0.29) is 12.4 Å². The average molecular weight is 295 g/mol. The molecule has 2 aliphatic rings. The van der Waals surface area contributed by atoms with Crippen molar-refractivity contribution in [3.05, 3.63) is 35.4 Å². The molecule has 2 atom stereocenters. The molecule has 0 aliphatic carbocycles. The van der Waals surface area contributed by atoms with E-state index >= 15 is 0 Å². The molecule has 2 aliphatic heterocycles. The van der Waals surface area contributed by atoms with Crippen LogP contribution in [0.25, 0.3) is 0 Å². The van der Waals surface area contributed by atoms with E-state index in [2.05, 4.69) is 48.3 Å². The summed E-state index contributed by atoms with van der Waals surface area (Å²) in [4.78, 5) is 2.63. The normalized spacial score (nSPS) is 25.8. The number of benzene rings is 1. The van der Waals surface area contributed by atoms with Crippen molar-refractivity contribution in [2.45, 2.75) is 26.8 Å². The van der Waals surface area contributed by atoms with Gasteiger partial charge < -0.3 is 5.32 Å². The first-order valence-corrected chi connectivity index (χ1v) is 7.71. The summed E-state index contributed by atoms with van der Waals surface area (Å²) in [7, 11) is 0. The van der Waals surface area contributed by atoms with Gasteiger partial charge in [0.1, 0.15) is 0 Å². The first-order valence-electron chi connectivity index (χ1n) is 7.71. The number of hydrogen-bond acceptors (Lipinski definition) is 2. The second-order valence-corrected chi connectivity index (χ2v) is 6.79. The number of nitrogens with zero attached hydrogens (tertiary/aromatic N) is 1. The highest BCUT2D eigenvalue weighted by molar-refractivity contribution is 5.85. The predicted octanol–water partition coefficient (Wildman–Crippen LogP) is 2.96. The van der Waals surface area contributed by atoms with Gasteiger partial charge in [-0.25, -0.2) is 0 Å². The van der Waals surface area contributed by atoms with Gasteiger partial charge in [0.15, 0.2) is 0 Å². The Morgan fingerprint density at radius 1 is 1.05 bits per heavy atom. The van der Waals surface area contributed by atoms with Crippen LogP contribution in [0.4, 0.5) is 0 Å². The number of likely N-dealkylation sites (tertiary alicyclic amines) is 1. The summed E-state index contributed by atoms with van der Waals surface area (Å²) < 4.78 is 0. The summed E-state index contributed by atoms with van der Waals surface area (Å²) >= 11 is 0. The summed E-state index contributed by atoms with van der Waals surface area (Å²) in [5.74, 6) is 2.55. The van der Waals surface area contributed by atoms with Gasteiger partial charge in [-0.15, -0.1) is 12.4 Å². The number of rotatable bonds is 4. The molecule has 0 amide bonds. The van der Waals surface area contributed by atoms with Gasteiger partial charge in [-0.1, -0.05) is 38.1 Å². The maximum absolute atomic E-state index is 3.51. The van der Waals surface area contributed by atoms with E-state index in [1.165, 1.54) is 43.7 Å². The Hall–Kier alpha value is -0.570. The lowest BCUT2D eigenvalue weighted by Gasteiger charge is -2.17. The van der Waals surface area contributed by atoms with E-state index < -0.39 is 0 Å². The van der Waals surface area contributed by atoms with Gasteiger partial charge in [-0.3, -0.25) is 4.90 Å². The highest BCUT2D eigenvalue weighted by Crippen LogP contribution is 2.27. The minimum Gasteiger partial charge on any atom is -0.316 e. The lowest BCUT2D eigenvalue weighted by Crippen LogP contribution is -2.25. The fourth-order valence-electron chi connectivity index (χ4n) is 3.59. The van der Waals surface area contributed by atoms with Gasteiger partial charge in [0.05, 0.1) is 0 Å². The molecule has 2 nitrogen and oxygen atoms in total. The average Bonchev–Trinajstić information content (AvgIpc) is 2.91. The second kappa shape index (κ2) is 6.93. The standard InChI is InChI=1S/C17H26N2.ClH/c1-13(2)7-14-3-5-15(6-4-14)10-19-11-16-8-18-9-17(16)12-19;/h3-6,13,16-18H,7-12H2,1-2H3;1H/t16-,17+;. The van der Waals surface area contributed by atoms with Crippen molar-refractivity contribution in [2.24, 2.45) is 17.8 Å². The molecule has 0 bridgehead atoms. The van der Waals surface area contributed by atoms with Crippen LogP contribution in [0.5, 0.6) is 0 Å². The number of hydrogen-bond donors (Lipinski definition) is 1. The van der Waals surface area contributed by atoms with E-state index in [0.717, 1.165) is 24.3 Å². The van der Waals surface area contributed by atoms with Crippen LogP contribution in [0.15, 0.2) is 24.3 Å². The largest absolute Gasteiger partial charge is 0.316 e. The fourth-order valence-corrected chi connectivity index (χ4v) is 3.59. The molecule has 1 aromatic carbocycles. The Morgan fingerprint density at radius 2 is 1.60 bits per heavy atom. The van der Waals surface area contributed by atoms with Crippen LogP contribution >= 0.6 is 12.4 Å². The van der Waals surface area contributed by atoms with Gasteiger partial charge in [0, 0.05) is 19.6 Å². The molecular formula is C17H27ClN2. The van der Waals surface area contributed by atoms with Crippen molar-refractivity contribution in [2.75, 3.05) is 26.2 Å². The van der Waals surface area contributed by atoms with Crippen LogP contribution in [-0.4, -0.2) is 31.1 Å². The van der Waals surface area contributed by atoms with Crippen LogP contribution in [0.1, 0.15) is 25.0 Å². The summed E-state index contributed by atoms with van der Waals surface area (Å²) in [5, 5.41) is 3.51. The van der Waals surface area contributed by atoms with E-state index in [1.807, 2.05) is 0 Å². The Morgan fingerprint density at radius 3 is 2.15 bits per heavy atom. The molecule has 2 fully saturated rings. The van der Waals surface area contributed by atoms with Gasteiger partial charge in [-0.2, -0.15) is 0 Å². The zero-order valence-corrected chi connectivity index (χ0v) is 13.5. The molecule has 112 valence electrons. The van der Waals surface area contributed by atoms with Crippen LogP contribution in [-0.2, 0) is 13.0 Å². The Balaban J connectivity index is 0.00000147. The van der Waals surface area contributed by atoms with Crippen molar-refractivity contribution < 1.29 is 0 Å². The third-order valence-corrected chi connectivity index (χ3v) is 4.54. The second-order valence-electron chi connectivity index (χ2n) is 6.79. The maximum Gasteiger partial charge on any atom is 0.0233 e. The zero-order valence-electron chi connectivity index (χ0n) is 12.6. The molecular weight excluding hydrogens is 268 g/mol.